The van der Waals surface area contributed by atoms with Crippen molar-refractivity contribution < 1.29 is 37.6 Å². The summed E-state index contributed by atoms with van der Waals surface area (Å²) in [5.41, 5.74) is 5.33. The molecule has 50 heavy (non-hydrogen) atoms. The number of carbonyl (C=O) groups excluding carboxylic acids is 2. The van der Waals surface area contributed by atoms with E-state index < -0.39 is 32.5 Å². The van der Waals surface area contributed by atoms with E-state index in [1.165, 1.54) is 64.2 Å². The molecule has 0 aromatic rings. The highest BCUT2D eigenvalue weighted by Gasteiger charge is 2.25. The van der Waals surface area contributed by atoms with Crippen LogP contribution in [-0.2, 0) is 32.7 Å². The molecule has 9 nitrogen and oxygen atoms in total. The van der Waals surface area contributed by atoms with E-state index in [1.54, 1.807) is 0 Å². The van der Waals surface area contributed by atoms with Crippen LogP contribution in [0, 0.1) is 0 Å². The molecule has 0 fully saturated rings. The zero-order chi connectivity index (χ0) is 36.8. The Hall–Kier alpha value is -2.03. The highest BCUT2D eigenvalue weighted by Crippen LogP contribution is 2.43. The third-order valence-electron chi connectivity index (χ3n) is 7.97. The third-order valence-corrected chi connectivity index (χ3v) is 8.95. The summed E-state index contributed by atoms with van der Waals surface area (Å²) >= 11 is 0. The van der Waals surface area contributed by atoms with Gasteiger partial charge in [0.05, 0.1) is 13.2 Å². The first kappa shape index (κ1) is 48.0. The second-order valence-electron chi connectivity index (χ2n) is 12.8. The summed E-state index contributed by atoms with van der Waals surface area (Å²) < 4.78 is 32.6. The number of allylic oxidation sites excluding steroid dienone is 8. The molecule has 0 radical (unpaired) electrons. The van der Waals surface area contributed by atoms with Crippen molar-refractivity contribution in [2.75, 3.05) is 26.4 Å². The topological polar surface area (TPSA) is 134 Å². The minimum Gasteiger partial charge on any atom is -0.462 e. The molecule has 0 saturated carbocycles. The molecule has 0 saturated heterocycles. The van der Waals surface area contributed by atoms with E-state index in [2.05, 4.69) is 62.5 Å². The molecule has 1 unspecified atom stereocenters. The average Bonchev–Trinajstić information content (AvgIpc) is 3.10. The Morgan fingerprint density at radius 1 is 0.600 bits per heavy atom. The zero-order valence-electron chi connectivity index (χ0n) is 31.6. The Bertz CT molecular complexity index is 965. The zero-order valence-corrected chi connectivity index (χ0v) is 32.5. The summed E-state index contributed by atoms with van der Waals surface area (Å²) in [7, 11) is -4.38. The minimum absolute atomic E-state index is 0.0480. The summed E-state index contributed by atoms with van der Waals surface area (Å²) in [6, 6.07) is 0. The molecule has 0 aromatic carbocycles. The number of phosphoric acid groups is 1. The molecular weight excluding hydrogens is 653 g/mol. The fourth-order valence-corrected chi connectivity index (χ4v) is 5.79. The van der Waals surface area contributed by atoms with Crippen molar-refractivity contribution in [3.63, 3.8) is 0 Å². The largest absolute Gasteiger partial charge is 0.472 e. The van der Waals surface area contributed by atoms with Crippen molar-refractivity contribution in [1.29, 1.82) is 0 Å². The van der Waals surface area contributed by atoms with Gasteiger partial charge < -0.3 is 20.1 Å². The molecule has 0 aromatic heterocycles. The number of hydrogen-bond donors (Lipinski definition) is 2. The molecule has 0 amide bonds. The number of hydrogen-bond acceptors (Lipinski definition) is 8. The molecule has 0 rings (SSSR count). The van der Waals surface area contributed by atoms with Crippen LogP contribution in [0.25, 0.3) is 0 Å². The van der Waals surface area contributed by atoms with E-state index in [0.717, 1.165) is 57.8 Å². The monoisotopic (exact) mass is 725 g/mol. The molecule has 2 atom stereocenters. The lowest BCUT2D eigenvalue weighted by Gasteiger charge is -2.19. The summed E-state index contributed by atoms with van der Waals surface area (Å²) in [4.78, 5) is 34.7. The van der Waals surface area contributed by atoms with E-state index in [4.69, 9.17) is 24.3 Å². The highest BCUT2D eigenvalue weighted by molar-refractivity contribution is 7.47. The SMILES string of the molecule is CCCCC/C=C\C/C=C\C/C=C\C/C=C\CCCCCC(=O)OC[C@H](COP(=O)(O)OCCN)OC(=O)CCCCCCCCCCCC. The van der Waals surface area contributed by atoms with E-state index in [-0.39, 0.29) is 32.6 Å². The van der Waals surface area contributed by atoms with Gasteiger partial charge in [-0.25, -0.2) is 4.57 Å². The Balaban J connectivity index is 4.24. The molecule has 0 bridgehead atoms. The van der Waals surface area contributed by atoms with Gasteiger partial charge in [0.25, 0.3) is 0 Å². The van der Waals surface area contributed by atoms with Crippen LogP contribution in [0.15, 0.2) is 48.6 Å². The third kappa shape index (κ3) is 35.8. The molecule has 3 N–H and O–H groups in total. The molecule has 10 heteroatoms. The van der Waals surface area contributed by atoms with Crippen LogP contribution in [-0.4, -0.2) is 49.3 Å². The van der Waals surface area contributed by atoms with E-state index >= 15 is 0 Å². The van der Waals surface area contributed by atoms with Gasteiger partial charge in [-0.3, -0.25) is 18.6 Å². The molecule has 0 heterocycles. The fourth-order valence-electron chi connectivity index (χ4n) is 5.03. The maximum atomic E-state index is 12.5. The number of nitrogens with two attached hydrogens (primary N) is 1. The van der Waals surface area contributed by atoms with Gasteiger partial charge in [-0.1, -0.05) is 140 Å². The summed E-state index contributed by atoms with van der Waals surface area (Å²) in [6.45, 7) is 3.63. The van der Waals surface area contributed by atoms with Crippen LogP contribution in [0.5, 0.6) is 0 Å². The summed E-state index contributed by atoms with van der Waals surface area (Å²) in [5, 5.41) is 0. The second-order valence-corrected chi connectivity index (χ2v) is 14.3. The quantitative estimate of drug-likeness (QED) is 0.0280. The number of phosphoric ester groups is 1. The van der Waals surface area contributed by atoms with Crippen LogP contribution in [0.2, 0.25) is 0 Å². The first-order valence-electron chi connectivity index (χ1n) is 19.6. The first-order valence-corrected chi connectivity index (χ1v) is 21.1. The summed E-state index contributed by atoms with van der Waals surface area (Å²) in [5.74, 6) is -0.869. The van der Waals surface area contributed by atoms with Crippen LogP contribution >= 0.6 is 7.82 Å². The first-order chi connectivity index (χ1) is 24.3. The lowest BCUT2D eigenvalue weighted by molar-refractivity contribution is -0.161. The number of esters is 2. The van der Waals surface area contributed by atoms with Gasteiger partial charge in [0, 0.05) is 19.4 Å². The molecule has 290 valence electrons. The maximum Gasteiger partial charge on any atom is 0.472 e. The predicted octanol–water partition coefficient (Wildman–Crippen LogP) is 10.8. The number of carbonyl (C=O) groups is 2. The lowest BCUT2D eigenvalue weighted by Crippen LogP contribution is -2.29. The van der Waals surface area contributed by atoms with E-state index in [9.17, 15) is 19.0 Å². The van der Waals surface area contributed by atoms with Gasteiger partial charge in [0.15, 0.2) is 6.10 Å². The van der Waals surface area contributed by atoms with Crippen molar-refractivity contribution >= 4 is 19.8 Å². The number of ether oxygens (including phenoxy) is 2. The van der Waals surface area contributed by atoms with Crippen LogP contribution in [0.4, 0.5) is 0 Å². The van der Waals surface area contributed by atoms with Gasteiger partial charge in [0.1, 0.15) is 6.61 Å². The van der Waals surface area contributed by atoms with Gasteiger partial charge in [-0.15, -0.1) is 0 Å². The Kier molecular flexibility index (Phi) is 35.3. The van der Waals surface area contributed by atoms with Crippen molar-refractivity contribution in [1.82, 2.24) is 0 Å². The van der Waals surface area contributed by atoms with Crippen molar-refractivity contribution in [3.8, 4) is 0 Å². The Labute approximate surface area is 305 Å². The predicted molar refractivity (Wildman–Crippen MR) is 206 cm³/mol. The molecule has 0 aliphatic heterocycles. The molecule has 0 aliphatic carbocycles. The molecular formula is C40H72NO8P. The molecule has 0 spiro atoms. The van der Waals surface area contributed by atoms with Crippen molar-refractivity contribution in [2.45, 2.75) is 168 Å². The highest BCUT2D eigenvalue weighted by atomic mass is 31.2. The lowest BCUT2D eigenvalue weighted by atomic mass is 10.1. The Morgan fingerprint density at radius 2 is 1.04 bits per heavy atom. The molecule has 0 aliphatic rings. The second kappa shape index (κ2) is 36.8. The number of rotatable bonds is 36. The normalized spacial score (nSPS) is 13.9. The summed E-state index contributed by atoms with van der Waals surface area (Å²) in [6.07, 6.45) is 40.0. The Morgan fingerprint density at radius 3 is 1.58 bits per heavy atom. The van der Waals surface area contributed by atoms with E-state index in [0.29, 0.717) is 12.8 Å². The van der Waals surface area contributed by atoms with Crippen molar-refractivity contribution in [2.24, 2.45) is 5.73 Å². The van der Waals surface area contributed by atoms with Crippen molar-refractivity contribution in [3.05, 3.63) is 48.6 Å². The van der Waals surface area contributed by atoms with Gasteiger partial charge in [-0.05, 0) is 57.8 Å². The van der Waals surface area contributed by atoms with Crippen LogP contribution < -0.4 is 5.73 Å². The standard InChI is InChI=1S/C40H72NO8P/c1-3-5-7-9-11-13-15-16-17-18-19-20-21-22-23-25-26-28-30-32-39(42)46-36-38(37-48-50(44,45)47-35-34-41)49-40(43)33-31-29-27-24-14-12-10-8-6-4-2/h11,13,16-17,19-20,22-23,38H,3-10,12,14-15,18,21,24-37,41H2,1-2H3,(H,44,45)/b13-11-,17-16-,20-19-,23-22-/t38-/m1/s1. The van der Waals surface area contributed by atoms with E-state index in [1.807, 2.05) is 0 Å². The number of unbranched alkanes of at least 4 members (excludes halogenated alkanes) is 15. The van der Waals surface area contributed by atoms with Crippen LogP contribution in [0.3, 0.4) is 0 Å². The maximum absolute atomic E-state index is 12.5. The van der Waals surface area contributed by atoms with Gasteiger partial charge in [-0.2, -0.15) is 0 Å². The minimum atomic E-state index is -4.38. The smallest absolute Gasteiger partial charge is 0.462 e. The average molecular weight is 726 g/mol. The van der Waals surface area contributed by atoms with Crippen LogP contribution in [0.1, 0.15) is 162 Å². The van der Waals surface area contributed by atoms with Gasteiger partial charge >= 0.3 is 19.8 Å². The van der Waals surface area contributed by atoms with Gasteiger partial charge in [0.2, 0.25) is 0 Å². The fraction of sp³-hybridized carbons (Fsp3) is 0.750.